The van der Waals surface area contributed by atoms with Crippen molar-refractivity contribution < 1.29 is 0 Å². The smallest absolute Gasteiger partial charge is 0.0942 e. The molecule has 1 aromatic carbocycles. The fourth-order valence-corrected chi connectivity index (χ4v) is 6.62. The van der Waals surface area contributed by atoms with Gasteiger partial charge >= 0.3 is 0 Å². The molecule has 0 radical (unpaired) electrons. The van der Waals surface area contributed by atoms with Crippen molar-refractivity contribution in [2.24, 2.45) is 0 Å². The van der Waals surface area contributed by atoms with Crippen LogP contribution in [0.1, 0.15) is 47.1 Å². The van der Waals surface area contributed by atoms with Crippen LogP contribution in [0.4, 0.5) is 5.69 Å². The number of aromatic nitrogens is 1. The summed E-state index contributed by atoms with van der Waals surface area (Å²) >= 11 is 0. The van der Waals surface area contributed by atoms with E-state index >= 15 is 0 Å². The molecule has 0 atom stereocenters. The summed E-state index contributed by atoms with van der Waals surface area (Å²) in [6.45, 7) is 14.1. The first-order chi connectivity index (χ1) is 11.2. The zero-order valence-corrected chi connectivity index (χ0v) is 16.4. The van der Waals surface area contributed by atoms with E-state index in [4.69, 9.17) is 0 Å². The fraction of sp³-hybridized carbons (Fsp3) is 0.381. The molecule has 0 aliphatic carbocycles. The number of hydrogen-bond donors (Lipinski definition) is 1. The van der Waals surface area contributed by atoms with E-state index in [1.165, 1.54) is 16.6 Å². The molecule has 2 aromatic rings. The van der Waals surface area contributed by atoms with E-state index in [0.29, 0.717) is 0 Å². The predicted octanol–water partition coefficient (Wildman–Crippen LogP) is 6.59. The van der Waals surface area contributed by atoms with Crippen LogP contribution in [-0.2, 0) is 0 Å². The fourth-order valence-electron chi connectivity index (χ4n) is 3.40. The lowest BCUT2D eigenvalue weighted by Crippen LogP contribution is -2.24. The molecule has 0 bridgehead atoms. The minimum absolute atomic E-state index is 0.271. The van der Waals surface area contributed by atoms with Gasteiger partial charge in [-0.15, -0.1) is 0 Å². The van der Waals surface area contributed by atoms with Crippen LogP contribution in [0.3, 0.4) is 0 Å². The second kappa shape index (κ2) is 6.01. The molecule has 0 saturated heterocycles. The van der Waals surface area contributed by atoms with Gasteiger partial charge in [0.25, 0.3) is 0 Å². The molecule has 1 aromatic heterocycles. The van der Waals surface area contributed by atoms with E-state index in [-0.39, 0.29) is 18.2 Å². The minimum atomic E-state index is -0.294. The largest absolute Gasteiger partial charge is 0.353 e. The molecule has 3 heteroatoms. The molecule has 0 spiro atoms. The molecule has 0 unspecified atom stereocenters. The summed E-state index contributed by atoms with van der Waals surface area (Å²) in [5.41, 5.74) is 4.56. The van der Waals surface area contributed by atoms with E-state index in [0.717, 1.165) is 11.2 Å². The van der Waals surface area contributed by atoms with E-state index in [9.17, 15) is 0 Å². The molecule has 0 saturated carbocycles. The van der Waals surface area contributed by atoms with Gasteiger partial charge in [0.15, 0.2) is 0 Å². The highest BCUT2D eigenvalue weighted by Gasteiger charge is 2.33. The van der Waals surface area contributed by atoms with Crippen LogP contribution in [0, 0.1) is 0 Å². The van der Waals surface area contributed by atoms with Gasteiger partial charge in [-0.25, -0.2) is 0 Å². The zero-order valence-electron chi connectivity index (χ0n) is 15.5. The van der Waals surface area contributed by atoms with Gasteiger partial charge in [-0.3, -0.25) is 4.98 Å². The number of allylic oxidation sites excluding steroid dienone is 1. The van der Waals surface area contributed by atoms with Gasteiger partial charge in [-0.2, -0.15) is 0 Å². The molecule has 0 amide bonds. The summed E-state index contributed by atoms with van der Waals surface area (Å²) in [7, 11) is -0.294. The summed E-state index contributed by atoms with van der Waals surface area (Å²) < 4.78 is 0. The molecule has 1 aliphatic rings. The van der Waals surface area contributed by atoms with Gasteiger partial charge in [-0.1, -0.05) is 73.7 Å². The Bertz CT molecular complexity index is 806. The molecule has 0 fully saturated rings. The standard InChI is InChI=1S/C21H27N2P/c1-20(2,3)24(21(4,5)6)14-17-12-11-16-10-9-15-8-7-13-22-18(15)19(16)23-17/h7-14,23H,1-6H3. The number of fused-ring (bicyclic) bond motifs is 3. The third kappa shape index (κ3) is 3.39. The molecular weight excluding hydrogens is 311 g/mol. The lowest BCUT2D eigenvalue weighted by Gasteiger charge is -2.40. The number of rotatable bonds is 1. The first kappa shape index (κ1) is 17.2. The van der Waals surface area contributed by atoms with Crippen LogP contribution >= 0.6 is 7.92 Å². The average molecular weight is 338 g/mol. The number of anilines is 1. The van der Waals surface area contributed by atoms with Crippen molar-refractivity contribution in [3.8, 4) is 0 Å². The van der Waals surface area contributed by atoms with Gasteiger partial charge < -0.3 is 5.32 Å². The van der Waals surface area contributed by atoms with Crippen molar-refractivity contribution in [3.05, 3.63) is 53.6 Å². The zero-order chi connectivity index (χ0) is 17.5. The first-order valence-corrected chi connectivity index (χ1v) is 9.91. The highest BCUT2D eigenvalue weighted by atomic mass is 31.1. The van der Waals surface area contributed by atoms with E-state index < -0.39 is 0 Å². The Labute approximate surface area is 146 Å². The van der Waals surface area contributed by atoms with Gasteiger partial charge in [0.2, 0.25) is 0 Å². The Morgan fingerprint density at radius 1 is 0.958 bits per heavy atom. The van der Waals surface area contributed by atoms with Gasteiger partial charge in [0, 0.05) is 22.8 Å². The second-order valence-electron chi connectivity index (χ2n) is 8.36. The van der Waals surface area contributed by atoms with Crippen molar-refractivity contribution >= 4 is 30.6 Å². The highest BCUT2D eigenvalue weighted by Crippen LogP contribution is 2.61. The average Bonchev–Trinajstić information content (AvgIpc) is 2.50. The molecule has 126 valence electrons. The maximum Gasteiger partial charge on any atom is 0.0942 e. The van der Waals surface area contributed by atoms with E-state index in [2.05, 4.69) is 88.0 Å². The summed E-state index contributed by atoms with van der Waals surface area (Å²) in [6.07, 6.45) is 6.26. The SMILES string of the molecule is CC(C)(C)P(C=C1C=Cc2ccc3cccnc3c2N1)C(C)(C)C. The molecule has 1 aliphatic heterocycles. The van der Waals surface area contributed by atoms with Crippen LogP contribution < -0.4 is 5.32 Å². The highest BCUT2D eigenvalue weighted by molar-refractivity contribution is 7.64. The quantitative estimate of drug-likeness (QED) is 0.593. The Kier molecular flexibility index (Phi) is 4.30. The molecule has 2 nitrogen and oxygen atoms in total. The maximum absolute atomic E-state index is 4.59. The maximum atomic E-state index is 4.59. The van der Waals surface area contributed by atoms with Crippen LogP contribution in [-0.4, -0.2) is 15.3 Å². The monoisotopic (exact) mass is 338 g/mol. The number of pyridine rings is 1. The predicted molar refractivity (Wildman–Crippen MR) is 109 cm³/mol. The van der Waals surface area contributed by atoms with E-state index in [1.807, 2.05) is 12.3 Å². The number of nitrogens with zero attached hydrogens (tertiary/aromatic N) is 1. The number of hydrogen-bond acceptors (Lipinski definition) is 2. The third-order valence-corrected chi connectivity index (χ3v) is 7.66. The van der Waals surface area contributed by atoms with Crippen molar-refractivity contribution in [2.45, 2.75) is 51.9 Å². The molecule has 3 rings (SSSR count). The normalized spacial score (nSPS) is 16.5. The van der Waals surface area contributed by atoms with Crippen LogP contribution in [0.5, 0.6) is 0 Å². The summed E-state index contributed by atoms with van der Waals surface area (Å²) in [6, 6.07) is 8.40. The lowest BCUT2D eigenvalue weighted by molar-refractivity contribution is 0.714. The first-order valence-electron chi connectivity index (χ1n) is 8.50. The van der Waals surface area contributed by atoms with Crippen molar-refractivity contribution in [2.75, 3.05) is 5.32 Å². The third-order valence-electron chi connectivity index (χ3n) is 4.23. The molecule has 2 heterocycles. The summed E-state index contributed by atoms with van der Waals surface area (Å²) in [4.78, 5) is 4.59. The lowest BCUT2D eigenvalue weighted by atomic mass is 10.0. The van der Waals surface area contributed by atoms with Crippen LogP contribution in [0.25, 0.3) is 17.0 Å². The van der Waals surface area contributed by atoms with Gasteiger partial charge in [0.05, 0.1) is 11.2 Å². The second-order valence-corrected chi connectivity index (χ2v) is 12.0. The topological polar surface area (TPSA) is 24.9 Å². The minimum Gasteiger partial charge on any atom is -0.353 e. The molecule has 1 N–H and O–H groups in total. The Balaban J connectivity index is 2.04. The van der Waals surface area contributed by atoms with Gasteiger partial charge in [-0.05, 0) is 28.3 Å². The molecule has 24 heavy (non-hydrogen) atoms. The Morgan fingerprint density at radius 2 is 1.67 bits per heavy atom. The Morgan fingerprint density at radius 3 is 2.33 bits per heavy atom. The summed E-state index contributed by atoms with van der Waals surface area (Å²) in [5, 5.41) is 5.36. The van der Waals surface area contributed by atoms with Crippen molar-refractivity contribution in [1.82, 2.24) is 4.98 Å². The number of nitrogens with one attached hydrogen (secondary N) is 1. The van der Waals surface area contributed by atoms with Crippen LogP contribution in [0.15, 0.2) is 48.1 Å². The Hall–Kier alpha value is -1.66. The van der Waals surface area contributed by atoms with Crippen molar-refractivity contribution in [3.63, 3.8) is 0 Å². The van der Waals surface area contributed by atoms with Gasteiger partial charge in [0.1, 0.15) is 0 Å². The molecular formula is C21H27N2P. The van der Waals surface area contributed by atoms with Crippen LogP contribution in [0.2, 0.25) is 0 Å². The van der Waals surface area contributed by atoms with E-state index in [1.54, 1.807) is 0 Å². The van der Waals surface area contributed by atoms with Crippen molar-refractivity contribution in [1.29, 1.82) is 0 Å². The number of benzene rings is 1. The summed E-state index contributed by atoms with van der Waals surface area (Å²) in [5.74, 6) is 2.45.